The molecular formula is C11H9N7O2. The molecule has 0 unspecified atom stereocenters. The zero-order chi connectivity index (χ0) is 13.9. The topological polar surface area (TPSA) is 105 Å². The van der Waals surface area contributed by atoms with Crippen LogP contribution >= 0.6 is 0 Å². The lowest BCUT2D eigenvalue weighted by Gasteiger charge is -2.03. The van der Waals surface area contributed by atoms with Crippen LogP contribution < -0.4 is 0 Å². The molecule has 0 spiro atoms. The maximum atomic E-state index is 10.6. The fraction of sp³-hybridized carbons (Fsp3) is 0.0909. The van der Waals surface area contributed by atoms with Gasteiger partial charge in [-0.1, -0.05) is 18.2 Å². The summed E-state index contributed by atoms with van der Waals surface area (Å²) in [6, 6.07) is 9.38. The molecule has 0 N–H and O–H groups in total. The standard InChI is InChI=1S/C11H9N7O2/c19-18(20)10-6-12-16(7-10)8-11-13-14-15-17(11)9-4-2-1-3-5-9/h1-7H,8H2. The molecule has 0 atom stereocenters. The Balaban J connectivity index is 1.88. The van der Waals surface area contributed by atoms with Gasteiger partial charge in [-0.2, -0.15) is 9.78 Å². The van der Waals surface area contributed by atoms with E-state index in [0.29, 0.717) is 5.82 Å². The molecule has 0 saturated carbocycles. The summed E-state index contributed by atoms with van der Waals surface area (Å²) >= 11 is 0. The van der Waals surface area contributed by atoms with E-state index in [-0.39, 0.29) is 12.2 Å². The number of benzene rings is 1. The average molecular weight is 271 g/mol. The molecule has 2 heterocycles. The van der Waals surface area contributed by atoms with Crippen LogP contribution in [0.3, 0.4) is 0 Å². The van der Waals surface area contributed by atoms with Crippen LogP contribution in [-0.2, 0) is 6.54 Å². The largest absolute Gasteiger partial charge is 0.307 e. The van der Waals surface area contributed by atoms with E-state index in [0.717, 1.165) is 5.69 Å². The molecule has 1 aromatic carbocycles. The van der Waals surface area contributed by atoms with Gasteiger partial charge in [0.05, 0.1) is 10.6 Å². The van der Waals surface area contributed by atoms with Crippen molar-refractivity contribution in [1.29, 1.82) is 0 Å². The smallest absolute Gasteiger partial charge is 0.258 e. The monoisotopic (exact) mass is 271 g/mol. The van der Waals surface area contributed by atoms with Crippen LogP contribution in [0.15, 0.2) is 42.7 Å². The van der Waals surface area contributed by atoms with Crippen LogP contribution in [0.25, 0.3) is 5.69 Å². The number of hydrogen-bond donors (Lipinski definition) is 0. The van der Waals surface area contributed by atoms with Crippen LogP contribution in [0, 0.1) is 10.1 Å². The lowest BCUT2D eigenvalue weighted by atomic mass is 10.3. The summed E-state index contributed by atoms with van der Waals surface area (Å²) in [5.74, 6) is 0.536. The molecule has 3 aromatic rings. The van der Waals surface area contributed by atoms with Crippen molar-refractivity contribution in [3.63, 3.8) is 0 Å². The molecule has 2 aromatic heterocycles. The number of rotatable bonds is 4. The van der Waals surface area contributed by atoms with E-state index in [2.05, 4.69) is 20.6 Å². The van der Waals surface area contributed by atoms with E-state index in [1.165, 1.54) is 17.1 Å². The molecule has 9 nitrogen and oxygen atoms in total. The molecule has 0 radical (unpaired) electrons. The summed E-state index contributed by atoms with van der Waals surface area (Å²) in [4.78, 5) is 10.1. The van der Waals surface area contributed by atoms with Gasteiger partial charge in [0.1, 0.15) is 18.9 Å². The summed E-state index contributed by atoms with van der Waals surface area (Å²) in [7, 11) is 0. The van der Waals surface area contributed by atoms with Crippen LogP contribution in [0.5, 0.6) is 0 Å². The molecule has 3 rings (SSSR count). The number of nitrogens with zero attached hydrogens (tertiary/aromatic N) is 7. The van der Waals surface area contributed by atoms with Gasteiger partial charge in [-0.3, -0.25) is 14.8 Å². The Bertz CT molecular complexity index is 734. The summed E-state index contributed by atoms with van der Waals surface area (Å²) in [5, 5.41) is 26.0. The third-order valence-electron chi connectivity index (χ3n) is 2.67. The Morgan fingerprint density at radius 3 is 2.75 bits per heavy atom. The normalized spacial score (nSPS) is 10.6. The van der Waals surface area contributed by atoms with Crippen molar-refractivity contribution in [2.24, 2.45) is 0 Å². The molecular weight excluding hydrogens is 262 g/mol. The summed E-state index contributed by atoms with van der Waals surface area (Å²) in [5.41, 5.74) is 0.748. The summed E-state index contributed by atoms with van der Waals surface area (Å²) in [6.07, 6.45) is 2.53. The maximum Gasteiger partial charge on any atom is 0.307 e. The third kappa shape index (κ3) is 2.23. The number of tetrazole rings is 1. The summed E-state index contributed by atoms with van der Waals surface area (Å²) in [6.45, 7) is 0.246. The fourth-order valence-corrected chi connectivity index (χ4v) is 1.75. The molecule has 100 valence electrons. The summed E-state index contributed by atoms with van der Waals surface area (Å²) < 4.78 is 2.98. The highest BCUT2D eigenvalue weighted by Crippen LogP contribution is 2.11. The van der Waals surface area contributed by atoms with Gasteiger partial charge in [-0.25, -0.2) is 0 Å². The minimum absolute atomic E-state index is 0.0660. The Morgan fingerprint density at radius 1 is 1.25 bits per heavy atom. The van der Waals surface area contributed by atoms with Crippen molar-refractivity contribution in [2.75, 3.05) is 0 Å². The number of para-hydroxylation sites is 1. The van der Waals surface area contributed by atoms with E-state index >= 15 is 0 Å². The maximum absolute atomic E-state index is 10.6. The highest BCUT2D eigenvalue weighted by atomic mass is 16.6. The van der Waals surface area contributed by atoms with E-state index in [9.17, 15) is 10.1 Å². The zero-order valence-corrected chi connectivity index (χ0v) is 10.2. The van der Waals surface area contributed by atoms with E-state index in [4.69, 9.17) is 0 Å². The van der Waals surface area contributed by atoms with Crippen LogP contribution in [-0.4, -0.2) is 34.9 Å². The molecule has 9 heteroatoms. The number of hydrogen-bond acceptors (Lipinski definition) is 6. The first kappa shape index (κ1) is 12.0. The van der Waals surface area contributed by atoms with E-state index < -0.39 is 4.92 Å². The molecule has 0 bridgehead atoms. The quantitative estimate of drug-likeness (QED) is 0.513. The fourth-order valence-electron chi connectivity index (χ4n) is 1.75. The molecule has 0 aliphatic heterocycles. The zero-order valence-electron chi connectivity index (χ0n) is 10.2. The molecule has 0 fully saturated rings. The number of aromatic nitrogens is 6. The highest BCUT2D eigenvalue weighted by Gasteiger charge is 2.13. The number of nitro groups is 1. The second kappa shape index (κ2) is 4.88. The first-order valence-electron chi connectivity index (χ1n) is 5.73. The first-order valence-corrected chi connectivity index (χ1v) is 5.73. The Morgan fingerprint density at radius 2 is 2.05 bits per heavy atom. The second-order valence-corrected chi connectivity index (χ2v) is 4.00. The second-order valence-electron chi connectivity index (χ2n) is 4.00. The molecule has 0 aliphatic rings. The van der Waals surface area contributed by atoms with Gasteiger partial charge in [0.2, 0.25) is 0 Å². The molecule has 0 saturated heterocycles. The van der Waals surface area contributed by atoms with Crippen LogP contribution in [0.2, 0.25) is 0 Å². The van der Waals surface area contributed by atoms with Gasteiger partial charge < -0.3 is 0 Å². The van der Waals surface area contributed by atoms with Crippen molar-refractivity contribution < 1.29 is 4.92 Å². The molecule has 0 amide bonds. The van der Waals surface area contributed by atoms with Gasteiger partial charge in [0, 0.05) is 0 Å². The van der Waals surface area contributed by atoms with Gasteiger partial charge in [-0.05, 0) is 22.6 Å². The van der Waals surface area contributed by atoms with E-state index in [1.807, 2.05) is 30.3 Å². The van der Waals surface area contributed by atoms with Crippen molar-refractivity contribution in [3.05, 3.63) is 58.7 Å². The first-order chi connectivity index (χ1) is 9.74. The third-order valence-corrected chi connectivity index (χ3v) is 2.67. The highest BCUT2D eigenvalue weighted by molar-refractivity contribution is 5.30. The SMILES string of the molecule is O=[N+]([O-])c1cnn(Cc2nnnn2-c2ccccc2)c1. The Labute approximate surface area is 112 Å². The Kier molecular flexibility index (Phi) is 2.92. The van der Waals surface area contributed by atoms with Gasteiger partial charge >= 0.3 is 5.69 Å². The van der Waals surface area contributed by atoms with Crippen LogP contribution in [0.1, 0.15) is 5.82 Å². The molecule has 20 heavy (non-hydrogen) atoms. The van der Waals surface area contributed by atoms with Gasteiger partial charge in [0.25, 0.3) is 0 Å². The minimum atomic E-state index is -0.496. The Hall–Kier alpha value is -3.10. The van der Waals surface area contributed by atoms with E-state index in [1.54, 1.807) is 4.68 Å². The lowest BCUT2D eigenvalue weighted by molar-refractivity contribution is -0.385. The van der Waals surface area contributed by atoms with Gasteiger partial charge in [0.15, 0.2) is 5.82 Å². The minimum Gasteiger partial charge on any atom is -0.258 e. The van der Waals surface area contributed by atoms with Crippen molar-refractivity contribution in [2.45, 2.75) is 6.54 Å². The van der Waals surface area contributed by atoms with Crippen molar-refractivity contribution in [3.8, 4) is 5.69 Å². The van der Waals surface area contributed by atoms with Gasteiger partial charge in [-0.15, -0.1) is 5.10 Å². The predicted molar refractivity (Wildman–Crippen MR) is 67.1 cm³/mol. The predicted octanol–water partition coefficient (Wildman–Crippen LogP) is 0.815. The molecule has 0 aliphatic carbocycles. The van der Waals surface area contributed by atoms with Crippen molar-refractivity contribution in [1.82, 2.24) is 30.0 Å². The van der Waals surface area contributed by atoms with Crippen LogP contribution in [0.4, 0.5) is 5.69 Å². The lowest BCUT2D eigenvalue weighted by Crippen LogP contribution is -2.08. The van der Waals surface area contributed by atoms with Crippen molar-refractivity contribution >= 4 is 5.69 Å². The average Bonchev–Trinajstić information content (AvgIpc) is 3.09.